The molecule has 1 aromatic carbocycles. The minimum absolute atomic E-state index is 0.641. The second-order valence-corrected chi connectivity index (χ2v) is 6.64. The Morgan fingerprint density at radius 1 is 1.26 bits per heavy atom. The molecular formula is C14H9BrClNOS. The Morgan fingerprint density at radius 2 is 2.05 bits per heavy atom. The molecule has 0 fully saturated rings. The normalized spacial score (nSPS) is 12.8. The number of nitrogens with zero attached hydrogens (tertiary/aromatic N) is 1. The third kappa shape index (κ3) is 2.41. The van der Waals surface area contributed by atoms with Crippen molar-refractivity contribution in [2.24, 2.45) is 0 Å². The smallest absolute Gasteiger partial charge is 0.115 e. The van der Waals surface area contributed by atoms with Gasteiger partial charge in [0.25, 0.3) is 0 Å². The number of pyridine rings is 1. The summed E-state index contributed by atoms with van der Waals surface area (Å²) in [6.45, 7) is 0. The average Bonchev–Trinajstić information content (AvgIpc) is 2.77. The van der Waals surface area contributed by atoms with E-state index >= 15 is 0 Å². The van der Waals surface area contributed by atoms with Gasteiger partial charge in [0.2, 0.25) is 0 Å². The molecule has 0 aliphatic rings. The highest BCUT2D eigenvalue weighted by Gasteiger charge is 2.17. The van der Waals surface area contributed by atoms with Crippen LogP contribution in [0.25, 0.3) is 10.9 Å². The number of aliphatic hydroxyl groups excluding tert-OH is 1. The maximum atomic E-state index is 10.5. The van der Waals surface area contributed by atoms with Crippen LogP contribution in [0.4, 0.5) is 0 Å². The first-order valence-corrected chi connectivity index (χ1v) is 7.62. The summed E-state index contributed by atoms with van der Waals surface area (Å²) in [5, 5.41) is 11.5. The third-order valence-corrected chi connectivity index (χ3v) is 5.42. The number of benzene rings is 1. The van der Waals surface area contributed by atoms with Gasteiger partial charge in [-0.3, -0.25) is 4.98 Å². The van der Waals surface area contributed by atoms with E-state index in [-0.39, 0.29) is 0 Å². The monoisotopic (exact) mass is 353 g/mol. The maximum Gasteiger partial charge on any atom is 0.115 e. The summed E-state index contributed by atoms with van der Waals surface area (Å²) in [6.07, 6.45) is 1.02. The Balaban J connectivity index is 2.13. The summed E-state index contributed by atoms with van der Waals surface area (Å²) >= 11 is 10.7. The predicted octanol–water partition coefficient (Wildman–Crippen LogP) is 4.79. The topological polar surface area (TPSA) is 33.1 Å². The van der Waals surface area contributed by atoms with Crippen LogP contribution in [0.2, 0.25) is 4.34 Å². The molecule has 5 heteroatoms. The number of aliphatic hydroxyl groups is 1. The molecule has 1 unspecified atom stereocenters. The third-order valence-electron chi connectivity index (χ3n) is 2.89. The van der Waals surface area contributed by atoms with E-state index in [0.29, 0.717) is 4.34 Å². The van der Waals surface area contributed by atoms with Gasteiger partial charge in [-0.25, -0.2) is 0 Å². The Hall–Kier alpha value is -0.940. The highest BCUT2D eigenvalue weighted by atomic mass is 79.9. The lowest BCUT2D eigenvalue weighted by atomic mass is 10.0. The van der Waals surface area contributed by atoms with Gasteiger partial charge in [-0.05, 0) is 28.1 Å². The summed E-state index contributed by atoms with van der Waals surface area (Å²) < 4.78 is 1.45. The van der Waals surface area contributed by atoms with E-state index in [1.54, 1.807) is 6.20 Å². The van der Waals surface area contributed by atoms with Gasteiger partial charge in [-0.1, -0.05) is 35.9 Å². The number of para-hydroxylation sites is 1. The van der Waals surface area contributed by atoms with Gasteiger partial charge in [0.05, 0.1) is 5.52 Å². The number of fused-ring (bicyclic) bond motifs is 1. The van der Waals surface area contributed by atoms with Gasteiger partial charge < -0.3 is 5.11 Å². The second kappa shape index (κ2) is 5.21. The molecule has 2 aromatic heterocycles. The van der Waals surface area contributed by atoms with E-state index in [4.69, 9.17) is 11.6 Å². The molecule has 0 bridgehead atoms. The van der Waals surface area contributed by atoms with Crippen LogP contribution in [-0.4, -0.2) is 10.1 Å². The first-order chi connectivity index (χ1) is 9.16. The second-order valence-electron chi connectivity index (χ2n) is 4.10. The molecule has 0 saturated heterocycles. The molecule has 0 radical (unpaired) electrons. The number of halogens is 2. The summed E-state index contributed by atoms with van der Waals surface area (Å²) in [6, 6.07) is 11.5. The number of hydrogen-bond donors (Lipinski definition) is 1. The molecule has 3 rings (SSSR count). The molecule has 1 N–H and O–H groups in total. The summed E-state index contributed by atoms with van der Waals surface area (Å²) in [4.78, 5) is 5.16. The number of rotatable bonds is 2. The molecule has 1 atom stereocenters. The summed E-state index contributed by atoms with van der Waals surface area (Å²) in [5.41, 5.74) is 1.61. The number of hydrogen-bond acceptors (Lipinski definition) is 3. The van der Waals surface area contributed by atoms with Gasteiger partial charge in [-0.2, -0.15) is 0 Å². The summed E-state index contributed by atoms with van der Waals surface area (Å²) in [7, 11) is 0. The minimum Gasteiger partial charge on any atom is -0.383 e. The largest absolute Gasteiger partial charge is 0.383 e. The van der Waals surface area contributed by atoms with Gasteiger partial charge in [-0.15, -0.1) is 11.3 Å². The van der Waals surface area contributed by atoms with Crippen molar-refractivity contribution in [3.8, 4) is 0 Å². The number of aromatic nitrogens is 1. The molecule has 0 aliphatic carbocycles. The molecule has 0 spiro atoms. The minimum atomic E-state index is -0.715. The Morgan fingerprint density at radius 3 is 2.79 bits per heavy atom. The lowest BCUT2D eigenvalue weighted by Gasteiger charge is -2.11. The first kappa shape index (κ1) is 13.1. The van der Waals surface area contributed by atoms with Crippen LogP contribution in [-0.2, 0) is 0 Å². The maximum absolute atomic E-state index is 10.5. The van der Waals surface area contributed by atoms with Crippen molar-refractivity contribution in [3.63, 3.8) is 0 Å². The van der Waals surface area contributed by atoms with Crippen LogP contribution >= 0.6 is 38.9 Å². The van der Waals surface area contributed by atoms with Crippen LogP contribution < -0.4 is 0 Å². The Labute approximate surface area is 127 Å². The van der Waals surface area contributed by atoms with Crippen LogP contribution in [0.15, 0.2) is 47.1 Å². The van der Waals surface area contributed by atoms with Crippen molar-refractivity contribution in [3.05, 3.63) is 61.8 Å². The lowest BCUT2D eigenvalue weighted by molar-refractivity contribution is 0.225. The van der Waals surface area contributed by atoms with Crippen LogP contribution in [0.5, 0.6) is 0 Å². The molecule has 96 valence electrons. The lowest BCUT2D eigenvalue weighted by Crippen LogP contribution is -1.99. The molecule has 2 heterocycles. The van der Waals surface area contributed by atoms with Gasteiger partial charge in [0, 0.05) is 26.5 Å². The molecular weight excluding hydrogens is 346 g/mol. The standard InChI is InChI=1S/C14H9BrClNOS/c15-10-7-11(19-14(10)16)13(18)9-5-1-3-8-4-2-6-17-12(8)9/h1-7,13,18H. The van der Waals surface area contributed by atoms with Gasteiger partial charge in [0.15, 0.2) is 0 Å². The molecule has 0 amide bonds. The van der Waals surface area contributed by atoms with Crippen molar-refractivity contribution in [2.45, 2.75) is 6.10 Å². The molecule has 2 nitrogen and oxygen atoms in total. The number of thiophene rings is 1. The van der Waals surface area contributed by atoms with E-state index in [0.717, 1.165) is 25.8 Å². The highest BCUT2D eigenvalue weighted by Crippen LogP contribution is 2.38. The van der Waals surface area contributed by atoms with Crippen LogP contribution in [0.1, 0.15) is 16.5 Å². The molecule has 19 heavy (non-hydrogen) atoms. The molecule has 3 aromatic rings. The fraction of sp³-hybridized carbons (Fsp3) is 0.0714. The van der Waals surface area contributed by atoms with Crippen molar-refractivity contribution in [2.75, 3.05) is 0 Å². The van der Waals surface area contributed by atoms with Crippen LogP contribution in [0.3, 0.4) is 0 Å². The van der Waals surface area contributed by atoms with E-state index in [2.05, 4.69) is 20.9 Å². The van der Waals surface area contributed by atoms with Gasteiger partial charge >= 0.3 is 0 Å². The zero-order valence-corrected chi connectivity index (χ0v) is 12.8. The Bertz CT molecular complexity index is 718. The first-order valence-electron chi connectivity index (χ1n) is 5.63. The van der Waals surface area contributed by atoms with Crippen molar-refractivity contribution in [1.82, 2.24) is 4.98 Å². The predicted molar refractivity (Wildman–Crippen MR) is 82.8 cm³/mol. The zero-order valence-electron chi connectivity index (χ0n) is 9.68. The van der Waals surface area contributed by atoms with Crippen molar-refractivity contribution in [1.29, 1.82) is 0 Å². The average molecular weight is 355 g/mol. The zero-order chi connectivity index (χ0) is 13.4. The van der Waals surface area contributed by atoms with Crippen molar-refractivity contribution >= 4 is 49.8 Å². The van der Waals surface area contributed by atoms with Gasteiger partial charge in [0.1, 0.15) is 10.4 Å². The van der Waals surface area contributed by atoms with E-state index in [9.17, 15) is 5.11 Å². The van der Waals surface area contributed by atoms with E-state index in [1.165, 1.54) is 11.3 Å². The van der Waals surface area contributed by atoms with Crippen molar-refractivity contribution < 1.29 is 5.11 Å². The summed E-state index contributed by atoms with van der Waals surface area (Å²) in [5.74, 6) is 0. The fourth-order valence-corrected chi connectivity index (χ4v) is 3.74. The SMILES string of the molecule is OC(c1cc(Br)c(Cl)s1)c1cccc2cccnc12. The fourth-order valence-electron chi connectivity index (χ4n) is 2.00. The van der Waals surface area contributed by atoms with E-state index in [1.807, 2.05) is 36.4 Å². The molecule has 0 saturated carbocycles. The highest BCUT2D eigenvalue weighted by molar-refractivity contribution is 9.10. The Kier molecular flexibility index (Phi) is 3.58. The molecule has 0 aliphatic heterocycles. The van der Waals surface area contributed by atoms with E-state index < -0.39 is 6.10 Å². The quantitative estimate of drug-likeness (QED) is 0.717. The van der Waals surface area contributed by atoms with Crippen LogP contribution in [0, 0.1) is 0 Å².